The summed E-state index contributed by atoms with van der Waals surface area (Å²) in [5, 5.41) is 22.8. The third-order valence-corrected chi connectivity index (χ3v) is 5.35. The lowest BCUT2D eigenvalue weighted by Crippen LogP contribution is -2.19. The van der Waals surface area contributed by atoms with Crippen LogP contribution in [0.2, 0.25) is 0 Å². The maximum absolute atomic E-state index is 13.5. The first kappa shape index (κ1) is 18.7. The summed E-state index contributed by atoms with van der Waals surface area (Å²) >= 11 is 0. The van der Waals surface area contributed by atoms with Gasteiger partial charge in [-0.25, -0.2) is 4.98 Å². The maximum atomic E-state index is 13.5. The molecule has 0 spiro atoms. The molecule has 3 N–H and O–H groups in total. The van der Waals surface area contributed by atoms with Crippen molar-refractivity contribution in [2.24, 2.45) is 0 Å². The Kier molecular flexibility index (Phi) is 4.33. The summed E-state index contributed by atoms with van der Waals surface area (Å²) in [6.45, 7) is 1.77. The van der Waals surface area contributed by atoms with Crippen LogP contribution in [0.4, 0.5) is 0 Å². The minimum Gasteiger partial charge on any atom is -0.504 e. The molecule has 0 saturated heterocycles. The number of phenolic OH excluding ortho intramolecular Hbond substituents is 2. The molecule has 6 heteroatoms. The van der Waals surface area contributed by atoms with Crippen molar-refractivity contribution in [2.75, 3.05) is 0 Å². The Labute approximate surface area is 177 Å². The summed E-state index contributed by atoms with van der Waals surface area (Å²) in [7, 11) is 0. The molecule has 2 aromatic heterocycles. The molecule has 0 bridgehead atoms. The van der Waals surface area contributed by atoms with E-state index in [0.717, 1.165) is 22.4 Å². The fraction of sp³-hybridized carbons (Fsp3) is 0.0400. The van der Waals surface area contributed by atoms with E-state index in [1.807, 2.05) is 60.7 Å². The summed E-state index contributed by atoms with van der Waals surface area (Å²) < 4.78 is 1.44. The number of H-pyrrole nitrogens is 1. The molecule has 3 aromatic carbocycles. The molecule has 0 saturated carbocycles. The zero-order valence-corrected chi connectivity index (χ0v) is 16.7. The van der Waals surface area contributed by atoms with E-state index < -0.39 is 0 Å². The van der Waals surface area contributed by atoms with Crippen LogP contribution in [0, 0.1) is 6.92 Å². The zero-order valence-electron chi connectivity index (χ0n) is 16.7. The molecular formula is C25H19N3O3. The van der Waals surface area contributed by atoms with Crippen LogP contribution in [0.1, 0.15) is 5.69 Å². The zero-order chi connectivity index (χ0) is 21.5. The quantitative estimate of drug-likeness (QED) is 0.375. The number of hydrogen-bond donors (Lipinski definition) is 3. The Morgan fingerprint density at radius 1 is 0.774 bits per heavy atom. The minimum atomic E-state index is -0.289. The van der Waals surface area contributed by atoms with Gasteiger partial charge in [0.15, 0.2) is 17.1 Å². The second kappa shape index (κ2) is 7.18. The van der Waals surface area contributed by atoms with E-state index in [9.17, 15) is 15.0 Å². The largest absolute Gasteiger partial charge is 0.504 e. The van der Waals surface area contributed by atoms with Crippen molar-refractivity contribution in [3.8, 4) is 45.0 Å². The number of aromatic nitrogens is 3. The highest BCUT2D eigenvalue weighted by atomic mass is 16.3. The number of aromatic amines is 1. The van der Waals surface area contributed by atoms with Crippen LogP contribution in [0.15, 0.2) is 83.7 Å². The molecule has 5 aromatic rings. The molecule has 0 aliphatic carbocycles. The average molecular weight is 409 g/mol. The van der Waals surface area contributed by atoms with Crippen molar-refractivity contribution in [3.63, 3.8) is 0 Å². The van der Waals surface area contributed by atoms with Crippen LogP contribution < -0.4 is 5.56 Å². The van der Waals surface area contributed by atoms with Gasteiger partial charge in [-0.2, -0.15) is 4.52 Å². The molecule has 152 valence electrons. The van der Waals surface area contributed by atoms with Gasteiger partial charge in [-0.05, 0) is 30.2 Å². The highest BCUT2D eigenvalue weighted by Gasteiger charge is 2.21. The molecule has 0 unspecified atom stereocenters. The van der Waals surface area contributed by atoms with Crippen molar-refractivity contribution in [1.29, 1.82) is 0 Å². The van der Waals surface area contributed by atoms with Crippen molar-refractivity contribution in [3.05, 3.63) is 94.9 Å². The molecule has 6 nitrogen and oxygen atoms in total. The Balaban J connectivity index is 1.86. The van der Waals surface area contributed by atoms with Gasteiger partial charge >= 0.3 is 0 Å². The van der Waals surface area contributed by atoms with Crippen LogP contribution in [0.25, 0.3) is 39.2 Å². The number of benzene rings is 3. The van der Waals surface area contributed by atoms with Gasteiger partial charge in [0.2, 0.25) is 0 Å². The van der Waals surface area contributed by atoms with Gasteiger partial charge in [-0.15, -0.1) is 0 Å². The Hall–Kier alpha value is -4.32. The third-order valence-electron chi connectivity index (χ3n) is 5.35. The molecule has 0 atom stereocenters. The van der Waals surface area contributed by atoms with Gasteiger partial charge in [-0.1, -0.05) is 66.7 Å². The van der Waals surface area contributed by atoms with Gasteiger partial charge < -0.3 is 10.2 Å². The second-order valence-corrected chi connectivity index (χ2v) is 7.33. The molecule has 5 rings (SSSR count). The molecule has 2 heterocycles. The number of hydrogen-bond acceptors (Lipinski definition) is 4. The SMILES string of the molecule is Cc1nc2c(-c3ccccc3)c(-c3ccccc3)[nH]n2c(=O)c1-c1ccc(O)c(O)c1. The number of aromatic hydroxyl groups is 2. The molecule has 0 radical (unpaired) electrons. The first-order valence-electron chi connectivity index (χ1n) is 9.83. The fourth-order valence-corrected chi connectivity index (χ4v) is 3.88. The molecule has 0 amide bonds. The maximum Gasteiger partial charge on any atom is 0.280 e. The minimum absolute atomic E-state index is 0.242. The van der Waals surface area contributed by atoms with Gasteiger partial charge in [0, 0.05) is 5.56 Å². The molecule has 0 aliphatic rings. The molecule has 0 fully saturated rings. The second-order valence-electron chi connectivity index (χ2n) is 7.33. The van der Waals surface area contributed by atoms with E-state index in [0.29, 0.717) is 22.5 Å². The summed E-state index contributed by atoms with van der Waals surface area (Å²) in [6, 6.07) is 23.9. The van der Waals surface area contributed by atoms with Crippen molar-refractivity contribution in [2.45, 2.75) is 6.92 Å². The number of phenols is 2. The lowest BCUT2D eigenvalue weighted by atomic mass is 10.0. The third kappa shape index (κ3) is 3.05. The van der Waals surface area contributed by atoms with Crippen LogP contribution in [0.3, 0.4) is 0 Å². The first-order valence-corrected chi connectivity index (χ1v) is 9.83. The van der Waals surface area contributed by atoms with Gasteiger partial charge in [0.05, 0.1) is 22.5 Å². The summed E-state index contributed by atoms with van der Waals surface area (Å²) in [5.41, 5.74) is 5.13. The highest BCUT2D eigenvalue weighted by molar-refractivity contribution is 5.91. The van der Waals surface area contributed by atoms with Crippen molar-refractivity contribution in [1.82, 2.24) is 14.6 Å². The number of rotatable bonds is 3. The first-order chi connectivity index (χ1) is 15.0. The Morgan fingerprint density at radius 2 is 1.42 bits per heavy atom. The summed E-state index contributed by atoms with van der Waals surface area (Å²) in [6.07, 6.45) is 0. The van der Waals surface area contributed by atoms with Gasteiger partial charge in [-0.3, -0.25) is 9.89 Å². The lowest BCUT2D eigenvalue weighted by Gasteiger charge is -2.08. The fourth-order valence-electron chi connectivity index (χ4n) is 3.88. The molecule has 0 aliphatic heterocycles. The number of fused-ring (bicyclic) bond motifs is 1. The monoisotopic (exact) mass is 409 g/mol. The number of aryl methyl sites for hydroxylation is 1. The van der Waals surface area contributed by atoms with Crippen molar-refractivity contribution >= 4 is 5.65 Å². The molecular weight excluding hydrogens is 390 g/mol. The average Bonchev–Trinajstić information content (AvgIpc) is 3.17. The highest BCUT2D eigenvalue weighted by Crippen LogP contribution is 2.35. The van der Waals surface area contributed by atoms with E-state index in [4.69, 9.17) is 4.98 Å². The lowest BCUT2D eigenvalue weighted by molar-refractivity contribution is 0.404. The van der Waals surface area contributed by atoms with Crippen LogP contribution in [0.5, 0.6) is 11.5 Å². The normalized spacial score (nSPS) is 11.1. The van der Waals surface area contributed by atoms with E-state index in [1.54, 1.807) is 13.0 Å². The van der Waals surface area contributed by atoms with Gasteiger partial charge in [0.25, 0.3) is 5.56 Å². The van der Waals surface area contributed by atoms with E-state index in [2.05, 4.69) is 5.10 Å². The standard InChI is InChI=1S/C25H19N3O3/c1-15-21(18-12-13-19(29)20(30)14-18)25(31)28-24(26-15)22(16-8-4-2-5-9-16)23(27-28)17-10-6-3-7-11-17/h2-14,27,29-30H,1H3. The predicted molar refractivity (Wildman–Crippen MR) is 120 cm³/mol. The topological polar surface area (TPSA) is 90.6 Å². The predicted octanol–water partition coefficient (Wildman–Crippen LogP) is 4.74. The van der Waals surface area contributed by atoms with Crippen LogP contribution in [-0.4, -0.2) is 24.8 Å². The van der Waals surface area contributed by atoms with E-state index >= 15 is 0 Å². The summed E-state index contributed by atoms with van der Waals surface area (Å²) in [4.78, 5) is 18.3. The van der Waals surface area contributed by atoms with E-state index in [-0.39, 0.29) is 17.1 Å². The number of nitrogens with one attached hydrogen (secondary N) is 1. The summed E-state index contributed by atoms with van der Waals surface area (Å²) in [5.74, 6) is -0.532. The molecule has 31 heavy (non-hydrogen) atoms. The van der Waals surface area contributed by atoms with Crippen LogP contribution in [-0.2, 0) is 0 Å². The Bertz CT molecular complexity index is 1470. The number of nitrogens with zero attached hydrogens (tertiary/aromatic N) is 2. The van der Waals surface area contributed by atoms with Crippen molar-refractivity contribution < 1.29 is 10.2 Å². The van der Waals surface area contributed by atoms with Crippen LogP contribution >= 0.6 is 0 Å². The Morgan fingerprint density at radius 3 is 2.06 bits per heavy atom. The van der Waals surface area contributed by atoms with Gasteiger partial charge in [0.1, 0.15) is 0 Å². The van der Waals surface area contributed by atoms with E-state index in [1.165, 1.54) is 16.6 Å². The smallest absolute Gasteiger partial charge is 0.280 e.